The number of hydrogen-bond acceptors (Lipinski definition) is 2. The quantitative estimate of drug-likeness (QED) is 0.231. The third-order valence-corrected chi connectivity index (χ3v) is 7.81. The zero-order valence-corrected chi connectivity index (χ0v) is 22.2. The molecule has 2 nitrogen and oxygen atoms in total. The predicted molar refractivity (Wildman–Crippen MR) is 155 cm³/mol. The summed E-state index contributed by atoms with van der Waals surface area (Å²) in [5, 5.41) is 2.51. The molecular weight excluding hydrogens is 436 g/mol. The van der Waals surface area contributed by atoms with Gasteiger partial charge in [-0.3, -0.25) is 0 Å². The summed E-state index contributed by atoms with van der Waals surface area (Å²) >= 11 is 0. The zero-order chi connectivity index (χ0) is 25.6. The maximum absolute atomic E-state index is 7.50. The average molecular weight is 479 g/mol. The van der Waals surface area contributed by atoms with E-state index in [2.05, 4.69) is 124 Å². The molecule has 4 rings (SSSR count). The summed E-state index contributed by atoms with van der Waals surface area (Å²) in [7, 11) is 0. The first kappa shape index (κ1) is 26.1. The van der Waals surface area contributed by atoms with E-state index in [4.69, 9.17) is 11.5 Å². The Hall–Kier alpha value is -2.94. The number of fused-ring (bicyclic) bond motifs is 1. The van der Waals surface area contributed by atoms with Gasteiger partial charge in [0.15, 0.2) is 0 Å². The molecule has 2 heteroatoms. The van der Waals surface area contributed by atoms with E-state index in [-0.39, 0.29) is 17.4 Å². The third kappa shape index (κ3) is 6.24. The third-order valence-electron chi connectivity index (χ3n) is 7.81. The van der Waals surface area contributed by atoms with Gasteiger partial charge < -0.3 is 11.5 Å². The highest BCUT2D eigenvalue weighted by molar-refractivity contribution is 5.83. The van der Waals surface area contributed by atoms with Crippen LogP contribution >= 0.6 is 0 Å². The van der Waals surface area contributed by atoms with Gasteiger partial charge in [-0.05, 0) is 66.5 Å². The van der Waals surface area contributed by atoms with Crippen LogP contribution in [0.25, 0.3) is 10.8 Å². The number of benzene rings is 4. The van der Waals surface area contributed by atoms with Crippen LogP contribution in [0.4, 0.5) is 0 Å². The summed E-state index contributed by atoms with van der Waals surface area (Å²) in [6.45, 7) is 6.72. The van der Waals surface area contributed by atoms with Crippen molar-refractivity contribution >= 4 is 10.8 Å². The molecule has 0 radical (unpaired) electrons. The van der Waals surface area contributed by atoms with Crippen LogP contribution in [0.15, 0.2) is 103 Å². The molecule has 4 aromatic carbocycles. The minimum atomic E-state index is -0.476. The Morgan fingerprint density at radius 3 is 1.97 bits per heavy atom. The molecule has 0 aliphatic heterocycles. The van der Waals surface area contributed by atoms with Crippen LogP contribution in [0, 0.1) is 5.92 Å². The van der Waals surface area contributed by atoms with Crippen molar-refractivity contribution in [1.29, 1.82) is 0 Å². The van der Waals surface area contributed by atoms with Crippen LogP contribution < -0.4 is 11.5 Å². The smallest absolute Gasteiger partial charge is 0.0270 e. The van der Waals surface area contributed by atoms with Crippen molar-refractivity contribution in [3.63, 3.8) is 0 Å². The fourth-order valence-electron chi connectivity index (χ4n) is 5.96. The first-order valence-corrected chi connectivity index (χ1v) is 13.5. The van der Waals surface area contributed by atoms with E-state index >= 15 is 0 Å². The molecule has 0 saturated heterocycles. The first-order chi connectivity index (χ1) is 17.3. The van der Waals surface area contributed by atoms with Crippen LogP contribution in [0.1, 0.15) is 69.1 Å². The maximum Gasteiger partial charge on any atom is 0.0270 e. The molecular formula is C34H42N2. The van der Waals surface area contributed by atoms with Gasteiger partial charge in [0, 0.05) is 17.0 Å². The Bertz CT molecular complexity index is 1230. The molecule has 188 valence electrons. The van der Waals surface area contributed by atoms with E-state index in [0.29, 0.717) is 0 Å². The minimum Gasteiger partial charge on any atom is -0.325 e. The van der Waals surface area contributed by atoms with E-state index in [9.17, 15) is 0 Å². The SMILES string of the molecule is CCCCC(CC(C)(N)Cc1ccccc1)C(C)(N)C(c1ccccc1)c1ccc2ccccc2c1. The Morgan fingerprint density at radius 1 is 0.694 bits per heavy atom. The van der Waals surface area contributed by atoms with Gasteiger partial charge in [0.1, 0.15) is 0 Å². The predicted octanol–water partition coefficient (Wildman–Crippen LogP) is 7.85. The van der Waals surface area contributed by atoms with Gasteiger partial charge in [0.25, 0.3) is 0 Å². The van der Waals surface area contributed by atoms with Gasteiger partial charge in [-0.1, -0.05) is 123 Å². The Kier molecular flexibility index (Phi) is 8.28. The fraction of sp³-hybridized carbons (Fsp3) is 0.353. The molecule has 0 fully saturated rings. The van der Waals surface area contributed by atoms with Crippen molar-refractivity contribution in [3.05, 3.63) is 120 Å². The standard InChI is InChI=1S/C34H42N2/c1-4-5-20-31(25-33(2,35)24-26-14-8-6-9-15-26)34(3,36)32(28-17-10-7-11-18-28)30-22-21-27-16-12-13-19-29(27)23-30/h6-19,21-23,31-32H,4-5,20,24-25,35-36H2,1-3H3. The van der Waals surface area contributed by atoms with Crippen molar-refractivity contribution in [2.75, 3.05) is 0 Å². The van der Waals surface area contributed by atoms with E-state index in [1.54, 1.807) is 0 Å². The summed E-state index contributed by atoms with van der Waals surface area (Å²) in [4.78, 5) is 0. The average Bonchev–Trinajstić information content (AvgIpc) is 2.87. The molecule has 36 heavy (non-hydrogen) atoms. The monoisotopic (exact) mass is 478 g/mol. The summed E-state index contributed by atoms with van der Waals surface area (Å²) < 4.78 is 0. The lowest BCUT2D eigenvalue weighted by Crippen LogP contribution is -2.54. The highest BCUT2D eigenvalue weighted by Crippen LogP contribution is 2.43. The first-order valence-electron chi connectivity index (χ1n) is 13.5. The van der Waals surface area contributed by atoms with Gasteiger partial charge in [-0.25, -0.2) is 0 Å². The molecule has 0 bridgehead atoms. The minimum absolute atomic E-state index is 0.0673. The van der Waals surface area contributed by atoms with Crippen molar-refractivity contribution in [2.24, 2.45) is 17.4 Å². The van der Waals surface area contributed by atoms with Crippen molar-refractivity contribution in [1.82, 2.24) is 0 Å². The normalized spacial score (nSPS) is 16.7. The van der Waals surface area contributed by atoms with Gasteiger partial charge in [-0.2, -0.15) is 0 Å². The molecule has 4 unspecified atom stereocenters. The van der Waals surface area contributed by atoms with Gasteiger partial charge in [0.2, 0.25) is 0 Å². The van der Waals surface area contributed by atoms with Crippen molar-refractivity contribution < 1.29 is 0 Å². The Labute approximate surface area is 217 Å². The lowest BCUT2D eigenvalue weighted by molar-refractivity contribution is 0.191. The largest absolute Gasteiger partial charge is 0.325 e. The second-order valence-electron chi connectivity index (χ2n) is 11.2. The van der Waals surface area contributed by atoms with E-state index in [1.807, 2.05) is 0 Å². The van der Waals surface area contributed by atoms with Crippen LogP contribution in [0.5, 0.6) is 0 Å². The van der Waals surface area contributed by atoms with Crippen LogP contribution in [0.2, 0.25) is 0 Å². The van der Waals surface area contributed by atoms with Gasteiger partial charge >= 0.3 is 0 Å². The van der Waals surface area contributed by atoms with Gasteiger partial charge in [-0.15, -0.1) is 0 Å². The molecule has 4 N–H and O–H groups in total. The van der Waals surface area contributed by atoms with Crippen molar-refractivity contribution in [3.8, 4) is 0 Å². The van der Waals surface area contributed by atoms with Crippen molar-refractivity contribution in [2.45, 2.75) is 69.9 Å². The van der Waals surface area contributed by atoms with Crippen LogP contribution in [-0.4, -0.2) is 11.1 Å². The highest BCUT2D eigenvalue weighted by Gasteiger charge is 2.42. The molecule has 0 aliphatic rings. The number of unbranched alkanes of at least 4 members (excludes halogenated alkanes) is 1. The highest BCUT2D eigenvalue weighted by atomic mass is 14.8. The Morgan fingerprint density at radius 2 is 1.31 bits per heavy atom. The van der Waals surface area contributed by atoms with E-state index < -0.39 is 5.54 Å². The molecule has 4 aromatic rings. The summed E-state index contributed by atoms with van der Waals surface area (Å²) in [5.41, 5.74) is 17.5. The van der Waals surface area contributed by atoms with Crippen LogP contribution in [0.3, 0.4) is 0 Å². The second-order valence-corrected chi connectivity index (χ2v) is 11.2. The molecule has 0 saturated carbocycles. The zero-order valence-electron chi connectivity index (χ0n) is 22.2. The van der Waals surface area contributed by atoms with Crippen LogP contribution in [-0.2, 0) is 6.42 Å². The molecule has 4 atom stereocenters. The second kappa shape index (κ2) is 11.4. The summed E-state index contributed by atoms with van der Waals surface area (Å²) in [6.07, 6.45) is 5.10. The molecule has 0 aromatic heterocycles. The molecule has 0 aliphatic carbocycles. The topological polar surface area (TPSA) is 52.0 Å². The fourth-order valence-corrected chi connectivity index (χ4v) is 5.96. The lowest BCUT2D eigenvalue weighted by atomic mass is 9.65. The number of nitrogens with two attached hydrogens (primary N) is 2. The van der Waals surface area contributed by atoms with E-state index in [0.717, 1.165) is 32.1 Å². The van der Waals surface area contributed by atoms with Gasteiger partial charge in [0.05, 0.1) is 0 Å². The van der Waals surface area contributed by atoms with E-state index in [1.165, 1.54) is 27.5 Å². The number of rotatable bonds is 11. The molecule has 0 heterocycles. The Balaban J connectivity index is 1.73. The summed E-state index contributed by atoms with van der Waals surface area (Å²) in [5.74, 6) is 0.338. The lowest BCUT2D eigenvalue weighted by Gasteiger charge is -2.45. The number of hydrogen-bond donors (Lipinski definition) is 2. The maximum atomic E-state index is 7.50. The summed E-state index contributed by atoms with van der Waals surface area (Å²) in [6, 6.07) is 36.8. The molecule has 0 amide bonds. The molecule has 0 spiro atoms.